The lowest BCUT2D eigenvalue weighted by Gasteiger charge is -2.36. The second-order valence-corrected chi connectivity index (χ2v) is 7.51. The van der Waals surface area contributed by atoms with Gasteiger partial charge in [0.15, 0.2) is 0 Å². The molecule has 0 N–H and O–H groups in total. The maximum Gasteiger partial charge on any atom is 0.0886 e. The van der Waals surface area contributed by atoms with Gasteiger partial charge >= 0.3 is 0 Å². The molecule has 0 aliphatic rings. The largest absolute Gasteiger partial charge is 0.357 e. The predicted molar refractivity (Wildman–Crippen MR) is 114 cm³/mol. The topological polar surface area (TPSA) is 3.24 Å². The minimum Gasteiger partial charge on any atom is -0.357 e. The summed E-state index contributed by atoms with van der Waals surface area (Å²) >= 11 is 6.02. The molecule has 0 fully saturated rings. The van der Waals surface area contributed by atoms with Crippen LogP contribution in [0.5, 0.6) is 0 Å². The molecule has 0 aromatic heterocycles. The van der Waals surface area contributed by atoms with Gasteiger partial charge in [-0.25, -0.2) is 0 Å². The third-order valence-electron chi connectivity index (χ3n) is 4.75. The third-order valence-corrected chi connectivity index (χ3v) is 5.52. The van der Waals surface area contributed by atoms with E-state index in [1.54, 1.807) is 0 Å². The first-order valence-electron chi connectivity index (χ1n) is 9.00. The smallest absolute Gasteiger partial charge is 0.0886 e. The van der Waals surface area contributed by atoms with Gasteiger partial charge in [-0.05, 0) is 30.5 Å². The molecule has 0 saturated carbocycles. The first kappa shape index (κ1) is 18.3. The number of benzene rings is 3. The van der Waals surface area contributed by atoms with Crippen molar-refractivity contribution in [3.63, 3.8) is 0 Å². The Balaban J connectivity index is 1.90. The van der Waals surface area contributed by atoms with Crippen molar-refractivity contribution in [2.75, 3.05) is 0 Å². The Labute approximate surface area is 162 Å². The minimum atomic E-state index is -0.208. The summed E-state index contributed by atoms with van der Waals surface area (Å²) in [4.78, 5) is 3.30. The van der Waals surface area contributed by atoms with Crippen molar-refractivity contribution in [3.8, 4) is 0 Å². The van der Waals surface area contributed by atoms with Crippen LogP contribution in [-0.4, -0.2) is 9.89 Å². The zero-order chi connectivity index (χ0) is 18.4. The fraction of sp³-hybridized carbons (Fsp3) is 0.208. The fourth-order valence-electron chi connectivity index (χ4n) is 3.18. The van der Waals surface area contributed by atoms with Gasteiger partial charge in [-0.2, -0.15) is 0 Å². The number of hydrogen-bond acceptors (Lipinski definition) is 1. The highest BCUT2D eigenvalue weighted by molar-refractivity contribution is 7.80. The van der Waals surface area contributed by atoms with Gasteiger partial charge in [0.25, 0.3) is 0 Å². The average Bonchev–Trinajstić information content (AvgIpc) is 2.69. The van der Waals surface area contributed by atoms with Crippen LogP contribution in [0.15, 0.2) is 91.0 Å². The molecule has 0 unspecified atom stereocenters. The highest BCUT2D eigenvalue weighted by Gasteiger charge is 2.30. The molecule has 0 atom stereocenters. The van der Waals surface area contributed by atoms with Gasteiger partial charge in [0.2, 0.25) is 0 Å². The highest BCUT2D eigenvalue weighted by Crippen LogP contribution is 2.28. The van der Waals surface area contributed by atoms with E-state index in [1.807, 2.05) is 6.07 Å². The van der Waals surface area contributed by atoms with Gasteiger partial charge in [0.05, 0.1) is 4.99 Å². The quantitative estimate of drug-likeness (QED) is 0.497. The molecule has 3 rings (SSSR count). The average molecular weight is 360 g/mol. The molecule has 0 saturated heterocycles. The van der Waals surface area contributed by atoms with Crippen molar-refractivity contribution in [3.05, 3.63) is 108 Å². The fourth-order valence-corrected chi connectivity index (χ4v) is 3.43. The lowest BCUT2D eigenvalue weighted by atomic mass is 9.83. The number of thiocarbonyl (C=S) groups is 1. The van der Waals surface area contributed by atoms with Crippen LogP contribution in [0.25, 0.3) is 0 Å². The van der Waals surface area contributed by atoms with Crippen molar-refractivity contribution in [1.29, 1.82) is 0 Å². The molecule has 0 heterocycles. The van der Waals surface area contributed by atoms with Crippen LogP contribution in [0.2, 0.25) is 0 Å². The van der Waals surface area contributed by atoms with Gasteiger partial charge in [-0.3, -0.25) is 0 Å². The molecule has 0 spiro atoms. The zero-order valence-corrected chi connectivity index (χ0v) is 16.2. The number of nitrogens with zero attached hydrogens (tertiary/aromatic N) is 1. The Morgan fingerprint density at radius 1 is 0.692 bits per heavy atom. The SMILES string of the molecule is CC(C)(C(=S)N(Cc1ccccc1)Cc1ccccc1)c1ccccc1. The number of hydrogen-bond donors (Lipinski definition) is 0. The van der Waals surface area contributed by atoms with Gasteiger partial charge in [-0.15, -0.1) is 0 Å². The first-order chi connectivity index (χ1) is 12.6. The van der Waals surface area contributed by atoms with Gasteiger partial charge in [-0.1, -0.05) is 103 Å². The molecular weight excluding hydrogens is 334 g/mol. The molecule has 1 nitrogen and oxygen atoms in total. The third kappa shape index (κ3) is 4.39. The van der Waals surface area contributed by atoms with E-state index < -0.39 is 0 Å². The summed E-state index contributed by atoms with van der Waals surface area (Å²) in [5.74, 6) is 0. The predicted octanol–water partition coefficient (Wildman–Crippen LogP) is 5.99. The molecule has 2 heteroatoms. The Bertz CT molecular complexity index is 784. The van der Waals surface area contributed by atoms with E-state index in [4.69, 9.17) is 12.2 Å². The molecule has 0 aliphatic carbocycles. The molecule has 0 bridgehead atoms. The van der Waals surface area contributed by atoms with Crippen molar-refractivity contribution in [2.24, 2.45) is 0 Å². The molecule has 132 valence electrons. The van der Waals surface area contributed by atoms with Gasteiger partial charge in [0.1, 0.15) is 0 Å². The van der Waals surface area contributed by atoms with E-state index in [2.05, 4.69) is 104 Å². The molecule has 3 aromatic rings. The lowest BCUT2D eigenvalue weighted by molar-refractivity contribution is 0.385. The summed E-state index contributed by atoms with van der Waals surface area (Å²) in [6, 6.07) is 31.6. The van der Waals surface area contributed by atoms with E-state index >= 15 is 0 Å². The highest BCUT2D eigenvalue weighted by atomic mass is 32.1. The van der Waals surface area contributed by atoms with Crippen LogP contribution in [-0.2, 0) is 18.5 Å². The summed E-state index contributed by atoms with van der Waals surface area (Å²) in [5.41, 5.74) is 3.58. The Morgan fingerprint density at radius 3 is 1.50 bits per heavy atom. The second-order valence-electron chi connectivity index (χ2n) is 7.12. The molecule has 26 heavy (non-hydrogen) atoms. The van der Waals surface area contributed by atoms with Crippen molar-refractivity contribution in [2.45, 2.75) is 32.4 Å². The monoisotopic (exact) mass is 359 g/mol. The summed E-state index contributed by atoms with van der Waals surface area (Å²) in [6.45, 7) is 6.05. The van der Waals surface area contributed by atoms with E-state index in [0.717, 1.165) is 18.1 Å². The van der Waals surface area contributed by atoms with Gasteiger partial charge < -0.3 is 4.90 Å². The minimum absolute atomic E-state index is 0.208. The van der Waals surface area contributed by atoms with Crippen LogP contribution in [0.4, 0.5) is 0 Å². The Morgan fingerprint density at radius 2 is 1.08 bits per heavy atom. The second kappa shape index (κ2) is 8.29. The van der Waals surface area contributed by atoms with Crippen LogP contribution < -0.4 is 0 Å². The van der Waals surface area contributed by atoms with Crippen LogP contribution in [0.3, 0.4) is 0 Å². The van der Waals surface area contributed by atoms with Crippen molar-refractivity contribution < 1.29 is 0 Å². The summed E-state index contributed by atoms with van der Waals surface area (Å²) in [7, 11) is 0. The molecule has 3 aromatic carbocycles. The Hall–Kier alpha value is -2.45. The summed E-state index contributed by atoms with van der Waals surface area (Å²) in [6.07, 6.45) is 0. The van der Waals surface area contributed by atoms with Gasteiger partial charge in [0, 0.05) is 18.5 Å². The number of rotatable bonds is 6. The van der Waals surface area contributed by atoms with Crippen LogP contribution in [0, 0.1) is 0 Å². The van der Waals surface area contributed by atoms with E-state index in [1.165, 1.54) is 16.7 Å². The van der Waals surface area contributed by atoms with Crippen molar-refractivity contribution in [1.82, 2.24) is 4.90 Å². The maximum absolute atomic E-state index is 6.02. The van der Waals surface area contributed by atoms with E-state index in [0.29, 0.717) is 0 Å². The molecular formula is C24H25NS. The summed E-state index contributed by atoms with van der Waals surface area (Å²) in [5, 5.41) is 0. The molecule has 0 aliphatic heterocycles. The van der Waals surface area contributed by atoms with Crippen molar-refractivity contribution >= 4 is 17.2 Å². The Kier molecular flexibility index (Phi) is 5.85. The summed E-state index contributed by atoms with van der Waals surface area (Å²) < 4.78 is 0. The van der Waals surface area contributed by atoms with Crippen LogP contribution >= 0.6 is 12.2 Å². The molecule has 0 amide bonds. The zero-order valence-electron chi connectivity index (χ0n) is 15.4. The first-order valence-corrected chi connectivity index (χ1v) is 9.41. The van der Waals surface area contributed by atoms with E-state index in [-0.39, 0.29) is 5.41 Å². The normalized spacial score (nSPS) is 11.2. The molecule has 0 radical (unpaired) electrons. The standard InChI is InChI=1S/C24H25NS/c1-24(2,22-16-10-5-11-17-22)23(26)25(18-20-12-6-3-7-13-20)19-21-14-8-4-9-15-21/h3-17H,18-19H2,1-2H3. The maximum atomic E-state index is 6.02. The van der Waals surface area contributed by atoms with Crippen LogP contribution in [0.1, 0.15) is 30.5 Å². The lowest BCUT2D eigenvalue weighted by Crippen LogP contribution is -2.41. The van der Waals surface area contributed by atoms with E-state index in [9.17, 15) is 0 Å².